The summed E-state index contributed by atoms with van der Waals surface area (Å²) in [6, 6.07) is 74.7. The molecule has 0 amide bonds. The van der Waals surface area contributed by atoms with Gasteiger partial charge in [-0.3, -0.25) is 0 Å². The molecule has 0 aliphatic heterocycles. The molecule has 0 aliphatic rings. The van der Waals surface area contributed by atoms with E-state index in [9.17, 15) is 0 Å². The normalized spacial score (nSPS) is 11.5. The minimum Gasteiger partial charge on any atom is -0.309 e. The van der Waals surface area contributed by atoms with Gasteiger partial charge in [-0.2, -0.15) is 0 Å². The van der Waals surface area contributed by atoms with Crippen LogP contribution in [0.4, 0.5) is 17.1 Å². The lowest BCUT2D eigenvalue weighted by atomic mass is 9.90. The van der Waals surface area contributed by atoms with E-state index in [0.29, 0.717) is 0 Å². The van der Waals surface area contributed by atoms with Gasteiger partial charge >= 0.3 is 0 Å². The molecule has 52 heavy (non-hydrogen) atoms. The molecular weight excluding hydrogens is 629 g/mol. The van der Waals surface area contributed by atoms with Crippen molar-refractivity contribution >= 4 is 60.4 Å². The number of rotatable bonds is 6. The average molecular weight is 663 g/mol. The Morgan fingerprint density at radius 2 is 0.846 bits per heavy atom. The Labute approximate surface area is 303 Å². The summed E-state index contributed by atoms with van der Waals surface area (Å²) in [5.41, 5.74) is 11.7. The zero-order valence-electron chi connectivity index (χ0n) is 28.5. The third-order valence-electron chi connectivity index (χ3n) is 10.4. The fourth-order valence-corrected chi connectivity index (χ4v) is 8.15. The Balaban J connectivity index is 1.32. The lowest BCUT2D eigenvalue weighted by Gasteiger charge is -2.30. The molecule has 0 unspecified atom stereocenters. The van der Waals surface area contributed by atoms with Gasteiger partial charge in [-0.15, -0.1) is 0 Å². The van der Waals surface area contributed by atoms with Crippen molar-refractivity contribution in [2.45, 2.75) is 0 Å². The number of aromatic nitrogens is 1. The van der Waals surface area contributed by atoms with Crippen molar-refractivity contribution in [2.75, 3.05) is 4.90 Å². The predicted octanol–water partition coefficient (Wildman–Crippen LogP) is 13.9. The molecule has 0 N–H and O–H groups in total. The van der Waals surface area contributed by atoms with Gasteiger partial charge in [-0.25, -0.2) is 0 Å². The van der Waals surface area contributed by atoms with Crippen molar-refractivity contribution < 1.29 is 0 Å². The first-order valence-electron chi connectivity index (χ1n) is 17.9. The molecule has 2 heteroatoms. The number of para-hydroxylation sites is 3. The van der Waals surface area contributed by atoms with E-state index < -0.39 is 0 Å². The Hall–Kier alpha value is -6.90. The van der Waals surface area contributed by atoms with Crippen molar-refractivity contribution in [3.05, 3.63) is 206 Å². The molecule has 10 rings (SSSR count). The van der Waals surface area contributed by atoms with Crippen molar-refractivity contribution in [3.63, 3.8) is 0 Å². The van der Waals surface area contributed by atoms with Crippen molar-refractivity contribution in [1.29, 1.82) is 0 Å². The summed E-state index contributed by atoms with van der Waals surface area (Å²) in [5.74, 6) is 0. The molecule has 244 valence electrons. The maximum absolute atomic E-state index is 2.51. The smallest absolute Gasteiger partial charge is 0.0562 e. The van der Waals surface area contributed by atoms with Crippen LogP contribution in [0, 0.1) is 0 Å². The molecule has 1 aromatic heterocycles. The molecule has 0 saturated heterocycles. The molecule has 0 bridgehead atoms. The largest absolute Gasteiger partial charge is 0.309 e. The molecular formula is C50H34N2. The topological polar surface area (TPSA) is 8.17 Å². The van der Waals surface area contributed by atoms with E-state index in [0.717, 1.165) is 22.7 Å². The zero-order valence-corrected chi connectivity index (χ0v) is 28.5. The van der Waals surface area contributed by atoms with E-state index in [1.54, 1.807) is 0 Å². The average Bonchev–Trinajstić information content (AvgIpc) is 3.56. The summed E-state index contributed by atoms with van der Waals surface area (Å²) in [5, 5.41) is 7.31. The standard InChI is InChI=1S/C50H34N2/c1-3-17-36(18-4-1)40-28-13-21-37-22-14-29-42(49(37)40)41-26-9-11-30-45(41)52(44-32-15-20-35-19-7-8-25-39(35)44)48-34-16-33-47-50(48)43-27-10-12-31-46(43)51(47)38-23-5-2-6-24-38/h1-34H. The van der Waals surface area contributed by atoms with Gasteiger partial charge in [-0.05, 0) is 75.3 Å². The fourth-order valence-electron chi connectivity index (χ4n) is 8.15. The van der Waals surface area contributed by atoms with Crippen molar-refractivity contribution in [2.24, 2.45) is 0 Å². The van der Waals surface area contributed by atoms with Gasteiger partial charge < -0.3 is 9.47 Å². The first kappa shape index (κ1) is 30.0. The second kappa shape index (κ2) is 12.5. The molecule has 0 atom stereocenters. The summed E-state index contributed by atoms with van der Waals surface area (Å²) in [6.45, 7) is 0. The number of fused-ring (bicyclic) bond motifs is 5. The number of benzene rings is 9. The van der Waals surface area contributed by atoms with Gasteiger partial charge in [0, 0.05) is 27.4 Å². The highest BCUT2D eigenvalue weighted by Gasteiger charge is 2.25. The van der Waals surface area contributed by atoms with Crippen LogP contribution in [0.15, 0.2) is 206 Å². The van der Waals surface area contributed by atoms with E-state index in [4.69, 9.17) is 0 Å². The number of hydrogen-bond acceptors (Lipinski definition) is 1. The fraction of sp³-hybridized carbons (Fsp3) is 0. The zero-order chi connectivity index (χ0) is 34.4. The van der Waals surface area contributed by atoms with E-state index >= 15 is 0 Å². The summed E-state index contributed by atoms with van der Waals surface area (Å²) in [7, 11) is 0. The number of hydrogen-bond donors (Lipinski definition) is 0. The molecule has 0 spiro atoms. The highest BCUT2D eigenvalue weighted by Crippen LogP contribution is 2.49. The number of nitrogens with zero attached hydrogens (tertiary/aromatic N) is 2. The highest BCUT2D eigenvalue weighted by atomic mass is 15.2. The highest BCUT2D eigenvalue weighted by molar-refractivity contribution is 6.18. The second-order valence-corrected chi connectivity index (χ2v) is 13.3. The third-order valence-corrected chi connectivity index (χ3v) is 10.4. The molecule has 2 nitrogen and oxygen atoms in total. The first-order chi connectivity index (χ1) is 25.8. The van der Waals surface area contributed by atoms with Crippen LogP contribution in [0.2, 0.25) is 0 Å². The van der Waals surface area contributed by atoms with Crippen LogP contribution in [-0.2, 0) is 0 Å². The molecule has 9 aromatic carbocycles. The Kier molecular flexibility index (Phi) is 7.18. The SMILES string of the molecule is c1ccc(-c2cccc3cccc(-c4ccccc4N(c4cccc5ccccc45)c4cccc5c4c4ccccc4n5-c4ccccc4)c23)cc1. The van der Waals surface area contributed by atoms with Crippen molar-refractivity contribution in [1.82, 2.24) is 4.57 Å². The van der Waals surface area contributed by atoms with E-state index in [-0.39, 0.29) is 0 Å². The maximum atomic E-state index is 2.51. The summed E-state index contributed by atoms with van der Waals surface area (Å²) >= 11 is 0. The molecule has 0 radical (unpaired) electrons. The quantitative estimate of drug-likeness (QED) is 0.172. The lowest BCUT2D eigenvalue weighted by Crippen LogP contribution is -2.12. The maximum Gasteiger partial charge on any atom is 0.0562 e. The summed E-state index contributed by atoms with van der Waals surface area (Å²) in [6.07, 6.45) is 0. The Morgan fingerprint density at radius 3 is 1.69 bits per heavy atom. The molecule has 0 aliphatic carbocycles. The second-order valence-electron chi connectivity index (χ2n) is 13.3. The van der Waals surface area contributed by atoms with Gasteiger partial charge in [0.05, 0.1) is 28.1 Å². The van der Waals surface area contributed by atoms with Crippen molar-refractivity contribution in [3.8, 4) is 27.9 Å². The van der Waals surface area contributed by atoms with Gasteiger partial charge in [0.15, 0.2) is 0 Å². The van der Waals surface area contributed by atoms with Crippen LogP contribution in [0.3, 0.4) is 0 Å². The minimum atomic E-state index is 1.12. The first-order valence-corrected chi connectivity index (χ1v) is 17.9. The summed E-state index contributed by atoms with van der Waals surface area (Å²) < 4.78 is 2.40. The monoisotopic (exact) mass is 662 g/mol. The summed E-state index contributed by atoms with van der Waals surface area (Å²) in [4.78, 5) is 2.51. The molecule has 1 heterocycles. The van der Waals surface area contributed by atoms with E-state index in [1.165, 1.54) is 65.6 Å². The van der Waals surface area contributed by atoms with Crippen LogP contribution in [0.1, 0.15) is 0 Å². The van der Waals surface area contributed by atoms with Gasteiger partial charge in [0.2, 0.25) is 0 Å². The van der Waals surface area contributed by atoms with E-state index in [1.807, 2.05) is 0 Å². The van der Waals surface area contributed by atoms with Crippen LogP contribution in [0.25, 0.3) is 71.3 Å². The lowest BCUT2D eigenvalue weighted by molar-refractivity contribution is 1.18. The Morgan fingerprint density at radius 1 is 0.308 bits per heavy atom. The van der Waals surface area contributed by atoms with Crippen LogP contribution in [-0.4, -0.2) is 4.57 Å². The van der Waals surface area contributed by atoms with E-state index in [2.05, 4.69) is 216 Å². The minimum absolute atomic E-state index is 1.12. The molecule has 10 aromatic rings. The number of anilines is 3. The van der Waals surface area contributed by atoms with Crippen LogP contribution >= 0.6 is 0 Å². The van der Waals surface area contributed by atoms with Crippen LogP contribution in [0.5, 0.6) is 0 Å². The molecule has 0 fully saturated rings. The third kappa shape index (κ3) is 4.80. The molecule has 0 saturated carbocycles. The Bertz CT molecular complexity index is 2890. The van der Waals surface area contributed by atoms with Gasteiger partial charge in [0.25, 0.3) is 0 Å². The van der Waals surface area contributed by atoms with Gasteiger partial charge in [0.1, 0.15) is 0 Å². The van der Waals surface area contributed by atoms with Crippen LogP contribution < -0.4 is 4.90 Å². The van der Waals surface area contributed by atoms with Gasteiger partial charge in [-0.1, -0.05) is 164 Å². The predicted molar refractivity (Wildman–Crippen MR) is 221 cm³/mol.